The second kappa shape index (κ2) is 13.3. The van der Waals surface area contributed by atoms with Crippen molar-refractivity contribution in [1.29, 1.82) is 0 Å². The van der Waals surface area contributed by atoms with Gasteiger partial charge in [-0.05, 0) is 40.3 Å². The van der Waals surface area contributed by atoms with Crippen molar-refractivity contribution in [3.05, 3.63) is 97.1 Å². The lowest BCUT2D eigenvalue weighted by molar-refractivity contribution is 0.0342. The van der Waals surface area contributed by atoms with Gasteiger partial charge in [-0.1, -0.05) is 107 Å². The molecule has 8 nitrogen and oxygen atoms in total. The Bertz CT molecular complexity index is 1820. The molecule has 3 heterocycles. The largest absolute Gasteiger partial charge is 0.497 e. The van der Waals surface area contributed by atoms with Crippen LogP contribution >= 0.6 is 0 Å². The summed E-state index contributed by atoms with van der Waals surface area (Å²) in [6.45, 7) is 11.0. The first kappa shape index (κ1) is 32.2. The van der Waals surface area contributed by atoms with E-state index < -0.39 is 14.2 Å². The van der Waals surface area contributed by atoms with Gasteiger partial charge in [-0.15, -0.1) is 0 Å². The van der Waals surface area contributed by atoms with Gasteiger partial charge in [-0.25, -0.2) is 15.0 Å². The van der Waals surface area contributed by atoms with E-state index in [0.29, 0.717) is 43.9 Å². The molecule has 0 amide bonds. The molecule has 5 aromatic rings. The minimum atomic E-state index is -0.449. The Balaban J connectivity index is 1.29. The molecule has 0 aliphatic carbocycles. The Kier molecular flexibility index (Phi) is 8.92. The molecule has 2 aliphatic heterocycles. The Labute approximate surface area is 283 Å². The highest BCUT2D eigenvalue weighted by atomic mass is 16.6. The highest BCUT2D eigenvalue weighted by molar-refractivity contribution is 6.62. The van der Waals surface area contributed by atoms with Gasteiger partial charge in [0, 0.05) is 53.9 Å². The van der Waals surface area contributed by atoms with E-state index >= 15 is 0 Å². The Hall–Kier alpha value is -4.34. The van der Waals surface area contributed by atoms with Gasteiger partial charge in [0.1, 0.15) is 5.75 Å². The third-order valence-corrected chi connectivity index (χ3v) is 8.50. The van der Waals surface area contributed by atoms with Crippen LogP contribution in [-0.4, -0.2) is 62.7 Å². The minimum absolute atomic E-state index is 0.0238. The fourth-order valence-electron chi connectivity index (χ4n) is 5.82. The average Bonchev–Trinajstić information content (AvgIpc) is 3.11. The highest BCUT2D eigenvalue weighted by Crippen LogP contribution is 2.30. The number of methoxy groups -OCH3 is 1. The van der Waals surface area contributed by atoms with Crippen molar-refractivity contribution in [2.45, 2.75) is 27.7 Å². The zero-order chi connectivity index (χ0) is 33.3. The summed E-state index contributed by atoms with van der Waals surface area (Å²) < 4.78 is 29.9. The molecule has 242 valence electrons. The quantitative estimate of drug-likeness (QED) is 0.198. The molecular formula is C38H39B2N3O5. The molecular weight excluding hydrogens is 600 g/mol. The van der Waals surface area contributed by atoms with E-state index in [4.69, 9.17) is 38.3 Å². The van der Waals surface area contributed by atoms with Crippen molar-refractivity contribution in [2.24, 2.45) is 10.8 Å². The van der Waals surface area contributed by atoms with Crippen LogP contribution in [0.4, 0.5) is 0 Å². The molecule has 4 aromatic carbocycles. The van der Waals surface area contributed by atoms with Crippen molar-refractivity contribution in [3.63, 3.8) is 0 Å². The standard InChI is InChI=1S/C38H39B2N3O5/c1-37(2)22-45-39(46-23-37)31-15-7-13-29(19-31)35-41-34(28-12-6-10-26(18-28)27-11-9-17-33(21-27)44-5)42-36(43-35)30-14-8-16-32(20-30)40-47-24-38(3,4)25-48-40/h6-21H,22-25H2,1-5H3. The van der Waals surface area contributed by atoms with E-state index in [2.05, 4.69) is 45.9 Å². The van der Waals surface area contributed by atoms with Crippen molar-refractivity contribution in [3.8, 4) is 51.0 Å². The third kappa shape index (κ3) is 7.22. The van der Waals surface area contributed by atoms with Crippen LogP contribution in [0.2, 0.25) is 0 Å². The Morgan fingerprint density at radius 3 is 1.33 bits per heavy atom. The second-order valence-electron chi connectivity index (χ2n) is 14.1. The fourth-order valence-corrected chi connectivity index (χ4v) is 5.82. The predicted octanol–water partition coefficient (Wildman–Crippen LogP) is 6.08. The van der Waals surface area contributed by atoms with E-state index in [1.54, 1.807) is 7.11 Å². The first-order valence-corrected chi connectivity index (χ1v) is 16.3. The highest BCUT2D eigenvalue weighted by Gasteiger charge is 2.35. The molecule has 10 heteroatoms. The lowest BCUT2D eigenvalue weighted by atomic mass is 9.75. The minimum Gasteiger partial charge on any atom is -0.497 e. The zero-order valence-electron chi connectivity index (χ0n) is 28.1. The van der Waals surface area contributed by atoms with Gasteiger partial charge >= 0.3 is 14.2 Å². The number of benzene rings is 4. The van der Waals surface area contributed by atoms with Crippen LogP contribution in [0.3, 0.4) is 0 Å². The summed E-state index contributed by atoms with van der Waals surface area (Å²) >= 11 is 0. The Morgan fingerprint density at radius 1 is 0.500 bits per heavy atom. The maximum Gasteiger partial charge on any atom is 0.493 e. The summed E-state index contributed by atoms with van der Waals surface area (Å²) in [5.74, 6) is 2.47. The maximum atomic E-state index is 6.10. The molecule has 1 aromatic heterocycles. The fraction of sp³-hybridized carbons (Fsp3) is 0.289. The maximum absolute atomic E-state index is 6.10. The number of aromatic nitrogens is 3. The summed E-state index contributed by atoms with van der Waals surface area (Å²) in [5, 5.41) is 0. The van der Waals surface area contributed by atoms with Crippen LogP contribution in [0.1, 0.15) is 27.7 Å². The van der Waals surface area contributed by atoms with Gasteiger partial charge in [0.25, 0.3) is 0 Å². The molecule has 7 rings (SSSR count). The topological polar surface area (TPSA) is 84.8 Å². The number of nitrogens with zero attached hydrogens (tertiary/aromatic N) is 3. The van der Waals surface area contributed by atoms with Gasteiger partial charge in [0.05, 0.1) is 7.11 Å². The van der Waals surface area contributed by atoms with Crippen molar-refractivity contribution < 1.29 is 23.4 Å². The van der Waals surface area contributed by atoms with Gasteiger partial charge in [0.2, 0.25) is 0 Å². The number of hydrogen-bond acceptors (Lipinski definition) is 8. The SMILES string of the molecule is COc1cccc(-c2cccc(-c3nc(-c4cccc(B5OCC(C)(C)CO5)c4)nc(-c4cccc(B5OCC(C)(C)CO5)c4)n3)c2)c1. The average molecular weight is 639 g/mol. The molecule has 0 unspecified atom stereocenters. The molecule has 2 fully saturated rings. The van der Waals surface area contributed by atoms with Crippen molar-refractivity contribution in [1.82, 2.24) is 15.0 Å². The van der Waals surface area contributed by atoms with Crippen LogP contribution in [0.15, 0.2) is 97.1 Å². The summed E-state index contributed by atoms with van der Waals surface area (Å²) in [7, 11) is 0.777. The van der Waals surface area contributed by atoms with Gasteiger partial charge in [0.15, 0.2) is 17.5 Å². The van der Waals surface area contributed by atoms with Crippen molar-refractivity contribution >= 4 is 25.2 Å². The van der Waals surface area contributed by atoms with Crippen LogP contribution < -0.4 is 15.7 Å². The monoisotopic (exact) mass is 639 g/mol. The van der Waals surface area contributed by atoms with Gasteiger partial charge in [-0.3, -0.25) is 0 Å². The lowest BCUT2D eigenvalue weighted by Crippen LogP contribution is -2.47. The Morgan fingerprint density at radius 2 is 0.875 bits per heavy atom. The second-order valence-corrected chi connectivity index (χ2v) is 14.1. The van der Waals surface area contributed by atoms with Crippen LogP contribution in [0, 0.1) is 10.8 Å². The first-order valence-electron chi connectivity index (χ1n) is 16.3. The van der Waals surface area contributed by atoms with Crippen molar-refractivity contribution in [2.75, 3.05) is 33.5 Å². The molecule has 0 atom stereocenters. The predicted molar refractivity (Wildman–Crippen MR) is 190 cm³/mol. The zero-order valence-corrected chi connectivity index (χ0v) is 28.1. The molecule has 0 saturated carbocycles. The molecule has 2 saturated heterocycles. The molecule has 48 heavy (non-hydrogen) atoms. The first-order chi connectivity index (χ1) is 23.1. The molecule has 0 bridgehead atoms. The molecule has 0 N–H and O–H groups in total. The molecule has 0 spiro atoms. The summed E-state index contributed by atoms with van der Waals surface area (Å²) in [4.78, 5) is 15.1. The van der Waals surface area contributed by atoms with Gasteiger partial charge in [-0.2, -0.15) is 0 Å². The van der Waals surface area contributed by atoms with E-state index in [9.17, 15) is 0 Å². The number of ether oxygens (including phenoxy) is 1. The summed E-state index contributed by atoms with van der Waals surface area (Å²) in [6, 6.07) is 32.3. The van der Waals surface area contributed by atoms with Crippen LogP contribution in [-0.2, 0) is 18.6 Å². The number of hydrogen-bond donors (Lipinski definition) is 0. The van der Waals surface area contributed by atoms with E-state index in [1.165, 1.54) is 0 Å². The lowest BCUT2D eigenvalue weighted by Gasteiger charge is -2.33. The van der Waals surface area contributed by atoms with E-state index in [-0.39, 0.29) is 10.8 Å². The van der Waals surface area contributed by atoms with E-state index in [0.717, 1.165) is 44.5 Å². The normalized spacial score (nSPS) is 17.3. The number of rotatable bonds is 7. The molecule has 0 radical (unpaired) electrons. The van der Waals surface area contributed by atoms with Crippen LogP contribution in [0.25, 0.3) is 45.3 Å². The summed E-state index contributed by atoms with van der Waals surface area (Å²) in [6.07, 6.45) is 0. The van der Waals surface area contributed by atoms with E-state index in [1.807, 2.05) is 78.9 Å². The smallest absolute Gasteiger partial charge is 0.493 e. The molecule has 2 aliphatic rings. The van der Waals surface area contributed by atoms with Gasteiger partial charge < -0.3 is 23.4 Å². The summed E-state index contributed by atoms with van der Waals surface area (Å²) in [5.41, 5.74) is 6.42. The third-order valence-electron chi connectivity index (χ3n) is 8.50. The van der Waals surface area contributed by atoms with Crippen LogP contribution in [0.5, 0.6) is 5.75 Å².